The Bertz CT molecular complexity index is 375. The highest BCUT2D eigenvalue weighted by Crippen LogP contribution is 2.35. The summed E-state index contributed by atoms with van der Waals surface area (Å²) in [6, 6.07) is 3.77. The average Bonchev–Trinajstić information content (AvgIpc) is 2.08. The highest BCUT2D eigenvalue weighted by Gasteiger charge is 2.43. The number of halogens is 2. The zero-order chi connectivity index (χ0) is 11.1. The number of ether oxygens (including phenoxy) is 1. The van der Waals surface area contributed by atoms with Gasteiger partial charge in [-0.3, -0.25) is 0 Å². The summed E-state index contributed by atoms with van der Waals surface area (Å²) in [5.74, 6) is -1.67. The molecule has 0 spiro atoms. The maximum Gasteiger partial charge on any atom is 0.159 e. The molecular weight excluding hydrogens is 200 g/mol. The van der Waals surface area contributed by atoms with Crippen LogP contribution >= 0.6 is 0 Å². The van der Waals surface area contributed by atoms with Crippen LogP contribution in [0.5, 0.6) is 0 Å². The van der Waals surface area contributed by atoms with Crippen molar-refractivity contribution in [1.29, 1.82) is 0 Å². The first-order chi connectivity index (χ1) is 7.06. The van der Waals surface area contributed by atoms with Crippen LogP contribution in [0.2, 0.25) is 0 Å². The minimum atomic E-state index is -0.834. The maximum atomic E-state index is 13.1. The molecule has 1 aromatic carbocycles. The maximum absolute atomic E-state index is 13.1. The fraction of sp³-hybridized carbons (Fsp3) is 0.455. The number of benzene rings is 1. The first kappa shape index (κ1) is 10.5. The molecule has 1 heterocycles. The zero-order valence-corrected chi connectivity index (χ0v) is 8.47. The summed E-state index contributed by atoms with van der Waals surface area (Å²) in [4.78, 5) is 0. The SMILES string of the molecule is CC(N)C1(c2ccc(F)c(F)c2)COC1. The Hall–Kier alpha value is -1.00. The molecule has 1 aliphatic rings. The topological polar surface area (TPSA) is 35.2 Å². The van der Waals surface area contributed by atoms with Gasteiger partial charge in [0.1, 0.15) is 0 Å². The molecule has 82 valence electrons. The molecule has 2 nitrogen and oxygen atoms in total. The van der Waals surface area contributed by atoms with E-state index in [0.29, 0.717) is 18.8 Å². The molecule has 1 fully saturated rings. The van der Waals surface area contributed by atoms with E-state index in [1.807, 2.05) is 6.92 Å². The second kappa shape index (κ2) is 3.54. The van der Waals surface area contributed by atoms with Crippen LogP contribution in [-0.2, 0) is 10.2 Å². The molecule has 0 amide bonds. The van der Waals surface area contributed by atoms with Crippen molar-refractivity contribution in [3.05, 3.63) is 35.4 Å². The third kappa shape index (κ3) is 1.54. The van der Waals surface area contributed by atoms with Gasteiger partial charge in [-0.2, -0.15) is 0 Å². The van der Waals surface area contributed by atoms with Gasteiger partial charge in [0.05, 0.1) is 18.6 Å². The largest absolute Gasteiger partial charge is 0.379 e. The van der Waals surface area contributed by atoms with Gasteiger partial charge in [-0.1, -0.05) is 6.07 Å². The van der Waals surface area contributed by atoms with Crippen molar-refractivity contribution in [2.75, 3.05) is 13.2 Å². The minimum Gasteiger partial charge on any atom is -0.379 e. The summed E-state index contributed by atoms with van der Waals surface area (Å²) in [7, 11) is 0. The Morgan fingerprint density at radius 3 is 2.40 bits per heavy atom. The molecule has 4 heteroatoms. The Kier molecular flexibility index (Phi) is 2.48. The van der Waals surface area contributed by atoms with Gasteiger partial charge in [0.15, 0.2) is 11.6 Å². The smallest absolute Gasteiger partial charge is 0.159 e. The summed E-state index contributed by atoms with van der Waals surface area (Å²) in [6.07, 6.45) is 0. The van der Waals surface area contributed by atoms with E-state index in [-0.39, 0.29) is 11.5 Å². The van der Waals surface area contributed by atoms with Crippen molar-refractivity contribution < 1.29 is 13.5 Å². The van der Waals surface area contributed by atoms with E-state index in [1.165, 1.54) is 6.07 Å². The van der Waals surface area contributed by atoms with Gasteiger partial charge < -0.3 is 10.5 Å². The van der Waals surface area contributed by atoms with Crippen LogP contribution < -0.4 is 5.73 Å². The van der Waals surface area contributed by atoms with E-state index >= 15 is 0 Å². The van der Waals surface area contributed by atoms with Gasteiger partial charge in [0.25, 0.3) is 0 Å². The van der Waals surface area contributed by atoms with E-state index in [1.54, 1.807) is 6.07 Å². The summed E-state index contributed by atoms with van der Waals surface area (Å²) in [5, 5.41) is 0. The van der Waals surface area contributed by atoms with Gasteiger partial charge >= 0.3 is 0 Å². The number of rotatable bonds is 2. The highest BCUT2D eigenvalue weighted by molar-refractivity contribution is 5.31. The van der Waals surface area contributed by atoms with Crippen LogP contribution in [0, 0.1) is 11.6 Å². The molecule has 0 aromatic heterocycles. The Morgan fingerprint density at radius 1 is 1.33 bits per heavy atom. The third-order valence-corrected chi connectivity index (χ3v) is 3.09. The lowest BCUT2D eigenvalue weighted by atomic mass is 9.73. The first-order valence-electron chi connectivity index (χ1n) is 4.85. The summed E-state index contributed by atoms with van der Waals surface area (Å²) in [5.41, 5.74) is 6.21. The first-order valence-corrected chi connectivity index (χ1v) is 4.85. The van der Waals surface area contributed by atoms with Crippen molar-refractivity contribution in [2.24, 2.45) is 5.73 Å². The Morgan fingerprint density at radius 2 is 2.00 bits per heavy atom. The van der Waals surface area contributed by atoms with Crippen molar-refractivity contribution in [3.8, 4) is 0 Å². The number of nitrogens with two attached hydrogens (primary N) is 1. The van der Waals surface area contributed by atoms with Crippen molar-refractivity contribution in [1.82, 2.24) is 0 Å². The molecule has 0 saturated carbocycles. The fourth-order valence-corrected chi connectivity index (χ4v) is 1.82. The van der Waals surface area contributed by atoms with Crippen LogP contribution in [-0.4, -0.2) is 19.3 Å². The van der Waals surface area contributed by atoms with Gasteiger partial charge in [-0.15, -0.1) is 0 Å². The molecule has 1 atom stereocenters. The summed E-state index contributed by atoms with van der Waals surface area (Å²) < 4.78 is 31.0. The van der Waals surface area contributed by atoms with Gasteiger partial charge in [-0.25, -0.2) is 8.78 Å². The van der Waals surface area contributed by atoms with Crippen LogP contribution in [0.15, 0.2) is 18.2 Å². The molecule has 0 aliphatic carbocycles. The third-order valence-electron chi connectivity index (χ3n) is 3.09. The monoisotopic (exact) mass is 213 g/mol. The molecule has 15 heavy (non-hydrogen) atoms. The standard InChI is InChI=1S/C11H13F2NO/c1-7(14)11(5-15-6-11)8-2-3-9(12)10(13)4-8/h2-4,7H,5-6,14H2,1H3. The average molecular weight is 213 g/mol. The molecule has 0 bridgehead atoms. The second-order valence-corrected chi connectivity index (χ2v) is 4.07. The quantitative estimate of drug-likeness (QED) is 0.809. The lowest BCUT2D eigenvalue weighted by molar-refractivity contribution is -0.0703. The fourth-order valence-electron chi connectivity index (χ4n) is 1.82. The van der Waals surface area contributed by atoms with E-state index in [9.17, 15) is 8.78 Å². The van der Waals surface area contributed by atoms with E-state index in [4.69, 9.17) is 10.5 Å². The predicted molar refractivity (Wildman–Crippen MR) is 52.5 cm³/mol. The molecule has 1 unspecified atom stereocenters. The van der Waals surface area contributed by atoms with Crippen molar-refractivity contribution in [3.63, 3.8) is 0 Å². The van der Waals surface area contributed by atoms with Crippen molar-refractivity contribution in [2.45, 2.75) is 18.4 Å². The number of hydrogen-bond acceptors (Lipinski definition) is 2. The predicted octanol–water partition coefficient (Wildman–Crippen LogP) is 1.58. The molecule has 1 aromatic rings. The van der Waals surface area contributed by atoms with Crippen LogP contribution in [0.4, 0.5) is 8.78 Å². The Labute approximate surface area is 87.0 Å². The molecule has 1 saturated heterocycles. The highest BCUT2D eigenvalue weighted by atomic mass is 19.2. The van der Waals surface area contributed by atoms with Gasteiger partial charge in [0.2, 0.25) is 0 Å². The molecule has 2 rings (SSSR count). The molecule has 0 radical (unpaired) electrons. The Balaban J connectivity index is 2.39. The van der Waals surface area contributed by atoms with E-state index in [2.05, 4.69) is 0 Å². The molecule has 2 N–H and O–H groups in total. The number of hydrogen-bond donors (Lipinski definition) is 1. The summed E-state index contributed by atoms with van der Waals surface area (Å²) in [6.45, 7) is 2.79. The van der Waals surface area contributed by atoms with E-state index < -0.39 is 11.6 Å². The molecular formula is C11H13F2NO. The van der Waals surface area contributed by atoms with Crippen LogP contribution in [0.25, 0.3) is 0 Å². The lowest BCUT2D eigenvalue weighted by Gasteiger charge is -2.45. The normalized spacial score (nSPS) is 20.8. The van der Waals surface area contributed by atoms with Crippen LogP contribution in [0.1, 0.15) is 12.5 Å². The lowest BCUT2D eigenvalue weighted by Crippen LogP contribution is -2.57. The van der Waals surface area contributed by atoms with Gasteiger partial charge in [-0.05, 0) is 24.6 Å². The molecule has 1 aliphatic heterocycles. The summed E-state index contributed by atoms with van der Waals surface area (Å²) >= 11 is 0. The minimum absolute atomic E-state index is 0.142. The zero-order valence-electron chi connectivity index (χ0n) is 8.47. The van der Waals surface area contributed by atoms with E-state index in [0.717, 1.165) is 6.07 Å². The second-order valence-electron chi connectivity index (χ2n) is 4.07. The van der Waals surface area contributed by atoms with Gasteiger partial charge in [0, 0.05) is 6.04 Å². The van der Waals surface area contributed by atoms with Crippen LogP contribution in [0.3, 0.4) is 0 Å². The van der Waals surface area contributed by atoms with Crippen molar-refractivity contribution >= 4 is 0 Å².